The summed E-state index contributed by atoms with van der Waals surface area (Å²) in [5.41, 5.74) is 4.95. The van der Waals surface area contributed by atoms with Crippen molar-refractivity contribution in [3.63, 3.8) is 0 Å². The standard InChI is InChI=1S/C28H28Cl2N2O2/c1-19(33)22-7-9-24(10-8-22)23-5-2-20(3-6-23)17-28(34)31-25-12-14-32(15-13-25)18-21-4-11-26(29)27(30)16-21/h2-11,16,25H,12-15,17-18H2,1H3,(H,31,34). The number of amides is 1. The molecule has 1 amide bonds. The van der Waals surface area contributed by atoms with Gasteiger partial charge in [-0.3, -0.25) is 14.5 Å². The highest BCUT2D eigenvalue weighted by Gasteiger charge is 2.21. The fraction of sp³-hybridized carbons (Fsp3) is 0.286. The molecule has 0 aromatic heterocycles. The summed E-state index contributed by atoms with van der Waals surface area (Å²) >= 11 is 12.1. The number of nitrogens with one attached hydrogen (secondary N) is 1. The van der Waals surface area contributed by atoms with E-state index in [2.05, 4.69) is 10.2 Å². The van der Waals surface area contributed by atoms with Gasteiger partial charge in [0.15, 0.2) is 5.78 Å². The van der Waals surface area contributed by atoms with Crippen LogP contribution in [0, 0.1) is 0 Å². The number of nitrogens with zero attached hydrogens (tertiary/aromatic N) is 1. The van der Waals surface area contributed by atoms with E-state index in [4.69, 9.17) is 23.2 Å². The van der Waals surface area contributed by atoms with Crippen molar-refractivity contribution in [3.8, 4) is 11.1 Å². The molecule has 0 aliphatic carbocycles. The maximum absolute atomic E-state index is 12.6. The fourth-order valence-electron chi connectivity index (χ4n) is 4.31. The molecule has 0 spiro atoms. The first-order valence-corrected chi connectivity index (χ1v) is 12.3. The third-order valence-electron chi connectivity index (χ3n) is 6.29. The fourth-order valence-corrected chi connectivity index (χ4v) is 4.63. The molecule has 0 unspecified atom stereocenters. The first kappa shape index (κ1) is 24.5. The smallest absolute Gasteiger partial charge is 0.224 e. The van der Waals surface area contributed by atoms with Crippen molar-refractivity contribution in [1.82, 2.24) is 10.2 Å². The monoisotopic (exact) mass is 494 g/mol. The lowest BCUT2D eigenvalue weighted by Gasteiger charge is -2.32. The number of ketones is 1. The Labute approximate surface area is 210 Å². The normalized spacial score (nSPS) is 14.7. The summed E-state index contributed by atoms with van der Waals surface area (Å²) in [4.78, 5) is 26.4. The molecule has 0 atom stereocenters. The summed E-state index contributed by atoms with van der Waals surface area (Å²) in [6, 6.07) is 21.6. The third kappa shape index (κ3) is 6.47. The minimum atomic E-state index is 0.0569. The number of benzene rings is 3. The molecule has 1 aliphatic rings. The highest BCUT2D eigenvalue weighted by atomic mass is 35.5. The van der Waals surface area contributed by atoms with Crippen molar-refractivity contribution >= 4 is 34.9 Å². The van der Waals surface area contributed by atoms with Gasteiger partial charge in [0.25, 0.3) is 0 Å². The minimum absolute atomic E-state index is 0.0569. The number of carbonyl (C=O) groups is 2. The van der Waals surface area contributed by atoms with Gasteiger partial charge in [-0.15, -0.1) is 0 Å². The molecule has 1 saturated heterocycles. The zero-order valence-electron chi connectivity index (χ0n) is 19.2. The quantitative estimate of drug-likeness (QED) is 0.398. The van der Waals surface area contributed by atoms with Gasteiger partial charge in [0.05, 0.1) is 16.5 Å². The molecular formula is C28H28Cl2N2O2. The van der Waals surface area contributed by atoms with Crippen molar-refractivity contribution in [2.24, 2.45) is 0 Å². The Morgan fingerprint density at radius 3 is 2.03 bits per heavy atom. The van der Waals surface area contributed by atoms with E-state index in [1.807, 2.05) is 66.7 Å². The molecule has 0 saturated carbocycles. The molecular weight excluding hydrogens is 467 g/mol. The Morgan fingerprint density at radius 1 is 0.853 bits per heavy atom. The van der Waals surface area contributed by atoms with Crippen molar-refractivity contribution in [1.29, 1.82) is 0 Å². The average molecular weight is 495 g/mol. The zero-order chi connectivity index (χ0) is 24.1. The van der Waals surface area contributed by atoms with Crippen LogP contribution in [0.2, 0.25) is 10.0 Å². The number of hydrogen-bond donors (Lipinski definition) is 1. The SMILES string of the molecule is CC(=O)c1ccc(-c2ccc(CC(=O)NC3CCN(Cc4ccc(Cl)c(Cl)c4)CC3)cc2)cc1. The lowest BCUT2D eigenvalue weighted by Crippen LogP contribution is -2.44. The number of Topliss-reactive ketones (excluding diaryl/α,β-unsaturated/α-hetero) is 1. The molecule has 1 N–H and O–H groups in total. The van der Waals surface area contributed by atoms with E-state index < -0.39 is 0 Å². The van der Waals surface area contributed by atoms with E-state index in [1.54, 1.807) is 6.92 Å². The van der Waals surface area contributed by atoms with Crippen LogP contribution in [0.25, 0.3) is 11.1 Å². The van der Waals surface area contributed by atoms with Crippen LogP contribution in [-0.2, 0) is 17.8 Å². The van der Waals surface area contributed by atoms with E-state index in [0.29, 0.717) is 22.0 Å². The van der Waals surface area contributed by atoms with Gasteiger partial charge in [-0.25, -0.2) is 0 Å². The number of carbonyl (C=O) groups excluding carboxylic acids is 2. The second-order valence-corrected chi connectivity index (χ2v) is 9.69. The van der Waals surface area contributed by atoms with Crippen molar-refractivity contribution < 1.29 is 9.59 Å². The molecule has 34 heavy (non-hydrogen) atoms. The molecule has 1 fully saturated rings. The number of likely N-dealkylation sites (tertiary alicyclic amines) is 1. The number of piperidine rings is 1. The van der Waals surface area contributed by atoms with Gasteiger partial charge in [-0.1, -0.05) is 77.8 Å². The largest absolute Gasteiger partial charge is 0.353 e. The molecule has 3 aromatic rings. The molecule has 3 aromatic carbocycles. The Balaban J connectivity index is 1.24. The molecule has 4 nitrogen and oxygen atoms in total. The molecule has 1 heterocycles. The topological polar surface area (TPSA) is 49.4 Å². The van der Waals surface area contributed by atoms with Crippen LogP contribution in [0.3, 0.4) is 0 Å². The predicted molar refractivity (Wildman–Crippen MR) is 138 cm³/mol. The van der Waals surface area contributed by atoms with Crippen LogP contribution in [0.15, 0.2) is 66.7 Å². The summed E-state index contributed by atoms with van der Waals surface area (Å²) < 4.78 is 0. The van der Waals surface area contributed by atoms with Crippen LogP contribution >= 0.6 is 23.2 Å². The average Bonchev–Trinajstić information content (AvgIpc) is 2.83. The number of rotatable bonds is 7. The highest BCUT2D eigenvalue weighted by molar-refractivity contribution is 6.42. The van der Waals surface area contributed by atoms with Crippen LogP contribution in [-0.4, -0.2) is 35.7 Å². The van der Waals surface area contributed by atoms with E-state index >= 15 is 0 Å². The molecule has 176 valence electrons. The molecule has 1 aliphatic heterocycles. The first-order chi connectivity index (χ1) is 16.4. The Kier molecular flexibility index (Phi) is 8.04. The maximum Gasteiger partial charge on any atom is 0.224 e. The van der Waals surface area contributed by atoms with Gasteiger partial charge in [-0.05, 0) is 54.2 Å². The molecule has 0 radical (unpaired) electrons. The van der Waals surface area contributed by atoms with Crippen LogP contribution in [0.4, 0.5) is 0 Å². The third-order valence-corrected chi connectivity index (χ3v) is 7.03. The molecule has 4 rings (SSSR count). The summed E-state index contributed by atoms with van der Waals surface area (Å²) in [7, 11) is 0. The van der Waals surface area contributed by atoms with Gasteiger partial charge >= 0.3 is 0 Å². The van der Waals surface area contributed by atoms with E-state index in [1.165, 1.54) is 0 Å². The van der Waals surface area contributed by atoms with Gasteiger partial charge in [0.2, 0.25) is 5.91 Å². The maximum atomic E-state index is 12.6. The predicted octanol–water partition coefficient (Wildman–Crippen LogP) is 6.19. The van der Waals surface area contributed by atoms with Crippen LogP contribution < -0.4 is 5.32 Å². The Hall–Kier alpha value is -2.66. The second-order valence-electron chi connectivity index (χ2n) is 8.87. The van der Waals surface area contributed by atoms with Crippen LogP contribution in [0.5, 0.6) is 0 Å². The van der Waals surface area contributed by atoms with Crippen molar-refractivity contribution in [3.05, 3.63) is 93.5 Å². The van der Waals surface area contributed by atoms with Crippen LogP contribution in [0.1, 0.15) is 41.3 Å². The zero-order valence-corrected chi connectivity index (χ0v) is 20.7. The van der Waals surface area contributed by atoms with E-state index in [-0.39, 0.29) is 17.7 Å². The second kappa shape index (κ2) is 11.2. The van der Waals surface area contributed by atoms with E-state index in [9.17, 15) is 9.59 Å². The van der Waals surface area contributed by atoms with Gasteiger partial charge in [-0.2, -0.15) is 0 Å². The highest BCUT2D eigenvalue weighted by Crippen LogP contribution is 2.24. The first-order valence-electron chi connectivity index (χ1n) is 11.5. The lowest BCUT2D eigenvalue weighted by atomic mass is 10.0. The summed E-state index contributed by atoms with van der Waals surface area (Å²) in [5, 5.41) is 4.35. The summed E-state index contributed by atoms with van der Waals surface area (Å²) in [5.74, 6) is 0.117. The van der Waals surface area contributed by atoms with Gasteiger partial charge < -0.3 is 5.32 Å². The summed E-state index contributed by atoms with van der Waals surface area (Å²) in [6.07, 6.45) is 2.23. The van der Waals surface area contributed by atoms with Gasteiger partial charge in [0.1, 0.15) is 0 Å². The molecule has 0 bridgehead atoms. The van der Waals surface area contributed by atoms with Crippen molar-refractivity contribution in [2.45, 2.75) is 38.8 Å². The van der Waals surface area contributed by atoms with E-state index in [0.717, 1.165) is 54.7 Å². The van der Waals surface area contributed by atoms with Crippen molar-refractivity contribution in [2.75, 3.05) is 13.1 Å². The number of hydrogen-bond acceptors (Lipinski definition) is 3. The number of halogens is 2. The minimum Gasteiger partial charge on any atom is -0.353 e. The Bertz CT molecular complexity index is 1150. The summed E-state index contributed by atoms with van der Waals surface area (Å²) in [6.45, 7) is 4.27. The lowest BCUT2D eigenvalue weighted by molar-refractivity contribution is -0.121. The van der Waals surface area contributed by atoms with Gasteiger partial charge in [0, 0.05) is 31.2 Å². The molecule has 6 heteroatoms. The Morgan fingerprint density at radius 2 is 1.44 bits per heavy atom.